The number of ether oxygens (including phenoxy) is 1. The maximum atomic E-state index is 12.3. The molecule has 5 nitrogen and oxygen atoms in total. The van der Waals surface area contributed by atoms with Crippen molar-refractivity contribution in [1.29, 1.82) is 0 Å². The van der Waals surface area contributed by atoms with Crippen LogP contribution in [0.5, 0.6) is 0 Å². The van der Waals surface area contributed by atoms with E-state index in [1.807, 2.05) is 19.1 Å². The number of benzene rings is 1. The number of rotatable bonds is 4. The van der Waals surface area contributed by atoms with Gasteiger partial charge in [0.05, 0.1) is 19.3 Å². The van der Waals surface area contributed by atoms with Crippen molar-refractivity contribution in [3.63, 3.8) is 0 Å². The lowest BCUT2D eigenvalue weighted by atomic mass is 10.2. The molecule has 2 fully saturated rings. The average Bonchev–Trinajstić information content (AvgIpc) is 3.10. The van der Waals surface area contributed by atoms with Crippen LogP contribution in [0, 0.1) is 0 Å². The standard InChI is InChI=1S/C17H25N3O2/c1-14(19-8-2-3-9-19)17(21)18-15-4-6-16(7-5-15)20-10-12-22-13-11-20/h4-7,14H,2-3,8-13H2,1H3,(H,18,21)/t14-/m1/s1. The van der Waals surface area contributed by atoms with Gasteiger partial charge in [-0.15, -0.1) is 0 Å². The van der Waals surface area contributed by atoms with Crippen molar-refractivity contribution < 1.29 is 9.53 Å². The fourth-order valence-corrected chi connectivity index (χ4v) is 3.12. The summed E-state index contributed by atoms with van der Waals surface area (Å²) >= 11 is 0. The zero-order valence-corrected chi connectivity index (χ0v) is 13.3. The van der Waals surface area contributed by atoms with Crippen molar-refractivity contribution in [2.45, 2.75) is 25.8 Å². The van der Waals surface area contributed by atoms with Crippen LogP contribution in [0.1, 0.15) is 19.8 Å². The second-order valence-corrected chi connectivity index (χ2v) is 6.05. The van der Waals surface area contributed by atoms with Crippen LogP contribution in [-0.2, 0) is 9.53 Å². The van der Waals surface area contributed by atoms with E-state index < -0.39 is 0 Å². The summed E-state index contributed by atoms with van der Waals surface area (Å²) in [5.74, 6) is 0.0843. The molecule has 1 aromatic rings. The molecule has 0 radical (unpaired) electrons. The first-order chi connectivity index (χ1) is 10.7. The summed E-state index contributed by atoms with van der Waals surface area (Å²) in [6, 6.07) is 8.06. The second-order valence-electron chi connectivity index (χ2n) is 6.05. The molecule has 0 bridgehead atoms. The fraction of sp³-hybridized carbons (Fsp3) is 0.588. The van der Waals surface area contributed by atoms with Gasteiger partial charge in [0, 0.05) is 24.5 Å². The van der Waals surface area contributed by atoms with E-state index in [0.29, 0.717) is 0 Å². The topological polar surface area (TPSA) is 44.8 Å². The molecule has 0 saturated carbocycles. The number of nitrogens with zero attached hydrogens (tertiary/aromatic N) is 2. The van der Waals surface area contributed by atoms with Gasteiger partial charge in [-0.3, -0.25) is 9.69 Å². The van der Waals surface area contributed by atoms with Crippen molar-refractivity contribution in [3.8, 4) is 0 Å². The molecule has 3 rings (SSSR count). The molecule has 22 heavy (non-hydrogen) atoms. The van der Waals surface area contributed by atoms with E-state index in [9.17, 15) is 4.79 Å². The summed E-state index contributed by atoms with van der Waals surface area (Å²) in [5, 5.41) is 3.02. The average molecular weight is 303 g/mol. The molecule has 1 atom stereocenters. The minimum atomic E-state index is -0.0542. The first kappa shape index (κ1) is 15.3. The van der Waals surface area contributed by atoms with E-state index in [1.165, 1.54) is 18.5 Å². The summed E-state index contributed by atoms with van der Waals surface area (Å²) in [6.07, 6.45) is 2.40. The molecule has 0 unspecified atom stereocenters. The van der Waals surface area contributed by atoms with Crippen molar-refractivity contribution in [2.24, 2.45) is 0 Å². The monoisotopic (exact) mass is 303 g/mol. The molecule has 120 valence electrons. The Hall–Kier alpha value is -1.59. The lowest BCUT2D eigenvalue weighted by molar-refractivity contribution is -0.120. The Labute approximate surface area is 132 Å². The smallest absolute Gasteiger partial charge is 0.241 e. The Morgan fingerprint density at radius 3 is 2.36 bits per heavy atom. The van der Waals surface area contributed by atoms with Crippen molar-refractivity contribution in [2.75, 3.05) is 49.6 Å². The SMILES string of the molecule is C[C@H](C(=O)Nc1ccc(N2CCOCC2)cc1)N1CCCC1. The minimum absolute atomic E-state index is 0.0542. The molecule has 2 heterocycles. The van der Waals surface area contributed by atoms with Gasteiger partial charge in [-0.1, -0.05) is 0 Å². The number of anilines is 2. The van der Waals surface area contributed by atoms with E-state index in [2.05, 4.69) is 27.2 Å². The van der Waals surface area contributed by atoms with Gasteiger partial charge in [-0.2, -0.15) is 0 Å². The van der Waals surface area contributed by atoms with Crippen LogP contribution >= 0.6 is 0 Å². The molecule has 0 spiro atoms. The highest BCUT2D eigenvalue weighted by atomic mass is 16.5. The first-order valence-electron chi connectivity index (χ1n) is 8.22. The summed E-state index contributed by atoms with van der Waals surface area (Å²) in [5.41, 5.74) is 2.06. The molecule has 2 aliphatic heterocycles. The van der Waals surface area contributed by atoms with Crippen LogP contribution in [0.2, 0.25) is 0 Å². The van der Waals surface area contributed by atoms with E-state index in [4.69, 9.17) is 4.74 Å². The van der Waals surface area contributed by atoms with Crippen LogP contribution in [0.25, 0.3) is 0 Å². The number of amides is 1. The summed E-state index contributed by atoms with van der Waals surface area (Å²) in [6.45, 7) is 7.48. The van der Waals surface area contributed by atoms with Crippen molar-refractivity contribution >= 4 is 17.3 Å². The molecular weight excluding hydrogens is 278 g/mol. The van der Waals surface area contributed by atoms with E-state index in [0.717, 1.165) is 45.1 Å². The lowest BCUT2D eigenvalue weighted by Crippen LogP contribution is -2.40. The van der Waals surface area contributed by atoms with Gasteiger partial charge in [0.2, 0.25) is 5.91 Å². The van der Waals surface area contributed by atoms with Crippen LogP contribution in [0.3, 0.4) is 0 Å². The Bertz CT molecular complexity index is 491. The van der Waals surface area contributed by atoms with Gasteiger partial charge >= 0.3 is 0 Å². The quantitative estimate of drug-likeness (QED) is 0.923. The zero-order chi connectivity index (χ0) is 15.4. The third kappa shape index (κ3) is 3.59. The predicted octanol–water partition coefficient (Wildman–Crippen LogP) is 1.95. The fourth-order valence-electron chi connectivity index (χ4n) is 3.12. The van der Waals surface area contributed by atoms with Crippen molar-refractivity contribution in [3.05, 3.63) is 24.3 Å². The maximum Gasteiger partial charge on any atom is 0.241 e. The first-order valence-corrected chi connectivity index (χ1v) is 8.22. The van der Waals surface area contributed by atoms with Crippen LogP contribution in [-0.4, -0.2) is 56.2 Å². The third-order valence-electron chi connectivity index (χ3n) is 4.58. The normalized spacial score (nSPS) is 20.9. The molecule has 2 saturated heterocycles. The van der Waals surface area contributed by atoms with Crippen LogP contribution < -0.4 is 10.2 Å². The highest BCUT2D eigenvalue weighted by Crippen LogP contribution is 2.20. The Morgan fingerprint density at radius 2 is 1.73 bits per heavy atom. The second kappa shape index (κ2) is 7.11. The number of hydrogen-bond acceptors (Lipinski definition) is 4. The maximum absolute atomic E-state index is 12.3. The van der Waals surface area contributed by atoms with E-state index in [1.54, 1.807) is 0 Å². The zero-order valence-electron chi connectivity index (χ0n) is 13.3. The molecule has 0 aliphatic carbocycles. The van der Waals surface area contributed by atoms with Gasteiger partial charge in [-0.25, -0.2) is 0 Å². The lowest BCUT2D eigenvalue weighted by Gasteiger charge is -2.29. The van der Waals surface area contributed by atoms with Crippen LogP contribution in [0.15, 0.2) is 24.3 Å². The minimum Gasteiger partial charge on any atom is -0.378 e. The van der Waals surface area contributed by atoms with E-state index in [-0.39, 0.29) is 11.9 Å². The molecule has 0 aromatic heterocycles. The highest BCUT2D eigenvalue weighted by molar-refractivity contribution is 5.94. The van der Waals surface area contributed by atoms with Gasteiger partial charge in [0.1, 0.15) is 0 Å². The number of hydrogen-bond donors (Lipinski definition) is 1. The van der Waals surface area contributed by atoms with Gasteiger partial charge < -0.3 is 15.0 Å². The van der Waals surface area contributed by atoms with Gasteiger partial charge in [-0.05, 0) is 57.1 Å². The number of carbonyl (C=O) groups is 1. The molecule has 2 aliphatic rings. The Balaban J connectivity index is 1.57. The predicted molar refractivity (Wildman–Crippen MR) is 88.4 cm³/mol. The van der Waals surface area contributed by atoms with Crippen molar-refractivity contribution in [1.82, 2.24) is 4.90 Å². The molecule has 5 heteroatoms. The summed E-state index contributed by atoms with van der Waals surface area (Å²) in [4.78, 5) is 16.9. The molecular formula is C17H25N3O2. The molecule has 1 amide bonds. The highest BCUT2D eigenvalue weighted by Gasteiger charge is 2.23. The van der Waals surface area contributed by atoms with Gasteiger partial charge in [0.25, 0.3) is 0 Å². The number of likely N-dealkylation sites (tertiary alicyclic amines) is 1. The summed E-state index contributed by atoms with van der Waals surface area (Å²) < 4.78 is 5.37. The number of morpholine rings is 1. The summed E-state index contributed by atoms with van der Waals surface area (Å²) in [7, 11) is 0. The number of nitrogens with one attached hydrogen (secondary N) is 1. The largest absolute Gasteiger partial charge is 0.378 e. The Morgan fingerprint density at radius 1 is 1.09 bits per heavy atom. The molecule has 1 N–H and O–H groups in total. The molecule has 1 aromatic carbocycles. The number of carbonyl (C=O) groups excluding carboxylic acids is 1. The van der Waals surface area contributed by atoms with Gasteiger partial charge in [0.15, 0.2) is 0 Å². The van der Waals surface area contributed by atoms with Crippen LogP contribution in [0.4, 0.5) is 11.4 Å². The van der Waals surface area contributed by atoms with E-state index >= 15 is 0 Å². The Kier molecular flexibility index (Phi) is 4.95. The third-order valence-corrected chi connectivity index (χ3v) is 4.58.